The molecule has 1 heterocycles. The summed E-state index contributed by atoms with van der Waals surface area (Å²) in [7, 11) is 0. The van der Waals surface area contributed by atoms with E-state index in [1.165, 1.54) is 65.6 Å². The average molecular weight is 565 g/mol. The number of amides is 1. The zero-order valence-electron chi connectivity index (χ0n) is 21.2. The number of benzene rings is 4. The molecule has 208 valence electrons. The van der Waals surface area contributed by atoms with Crippen LogP contribution >= 0.6 is 0 Å². The second kappa shape index (κ2) is 11.6. The lowest BCUT2D eigenvalue weighted by atomic mass is 10.0. The molecular weight excluding hydrogens is 543 g/mol. The molecule has 0 unspecified atom stereocenters. The van der Waals surface area contributed by atoms with Gasteiger partial charge in [0.1, 0.15) is 23.7 Å². The van der Waals surface area contributed by atoms with Crippen molar-refractivity contribution in [3.05, 3.63) is 120 Å². The fourth-order valence-electron chi connectivity index (χ4n) is 4.12. The van der Waals surface area contributed by atoms with E-state index >= 15 is 0 Å². The summed E-state index contributed by atoms with van der Waals surface area (Å²) in [5.74, 6) is -1.53. The minimum absolute atomic E-state index is 0.00914. The highest BCUT2D eigenvalue weighted by Gasteiger charge is 2.31. The topological polar surface area (TPSA) is 69.0 Å². The minimum atomic E-state index is -4.77. The Morgan fingerprint density at radius 1 is 0.854 bits per heavy atom. The van der Waals surface area contributed by atoms with E-state index in [0.717, 1.165) is 17.2 Å². The number of alkyl halides is 3. The Labute approximate surface area is 231 Å². The molecule has 41 heavy (non-hydrogen) atoms. The summed E-state index contributed by atoms with van der Waals surface area (Å²) in [5.41, 5.74) is 2.46. The lowest BCUT2D eigenvalue weighted by Crippen LogP contribution is -2.25. The van der Waals surface area contributed by atoms with E-state index in [9.17, 15) is 26.7 Å². The summed E-state index contributed by atoms with van der Waals surface area (Å²) in [5, 5.41) is 7.17. The second-order valence-corrected chi connectivity index (χ2v) is 8.93. The fraction of sp³-hybridized carbons (Fsp3) is 0.100. The third kappa shape index (κ3) is 6.75. The fourth-order valence-corrected chi connectivity index (χ4v) is 4.12. The summed E-state index contributed by atoms with van der Waals surface area (Å²) < 4.78 is 70.9. The van der Waals surface area contributed by atoms with Crippen LogP contribution in [0, 0.1) is 11.6 Å². The van der Waals surface area contributed by atoms with Gasteiger partial charge in [-0.2, -0.15) is 0 Å². The molecule has 0 atom stereocenters. The first kappa shape index (κ1) is 27.5. The number of halogens is 5. The van der Waals surface area contributed by atoms with Gasteiger partial charge in [0.05, 0.1) is 5.69 Å². The van der Waals surface area contributed by atoms with E-state index in [1.54, 1.807) is 6.07 Å². The lowest BCUT2D eigenvalue weighted by Gasteiger charge is -2.09. The molecule has 4 aromatic carbocycles. The quantitative estimate of drug-likeness (QED) is 0.212. The maximum absolute atomic E-state index is 14.3. The van der Waals surface area contributed by atoms with Crippen LogP contribution in [-0.2, 0) is 6.42 Å². The highest BCUT2D eigenvalue weighted by Crippen LogP contribution is 2.27. The van der Waals surface area contributed by atoms with E-state index in [4.69, 9.17) is 0 Å². The summed E-state index contributed by atoms with van der Waals surface area (Å²) in [4.78, 5) is 16.9. The first-order valence-corrected chi connectivity index (χ1v) is 12.4. The van der Waals surface area contributed by atoms with Crippen LogP contribution in [0.2, 0.25) is 0 Å². The van der Waals surface area contributed by atoms with Crippen molar-refractivity contribution in [3.63, 3.8) is 0 Å². The third-order valence-electron chi connectivity index (χ3n) is 6.13. The molecule has 0 aliphatic carbocycles. The Balaban J connectivity index is 1.18. The van der Waals surface area contributed by atoms with Crippen LogP contribution in [0.15, 0.2) is 97.3 Å². The van der Waals surface area contributed by atoms with Crippen molar-refractivity contribution in [2.75, 3.05) is 6.54 Å². The first-order chi connectivity index (χ1) is 19.7. The number of aromatic nitrogens is 3. The Hall–Kier alpha value is -5.06. The molecule has 0 aliphatic heterocycles. The smallest absolute Gasteiger partial charge is 0.406 e. The molecular formula is C30H21F5N4O2. The van der Waals surface area contributed by atoms with Gasteiger partial charge in [0.25, 0.3) is 5.91 Å². The van der Waals surface area contributed by atoms with Gasteiger partial charge in [-0.15, -0.1) is 18.3 Å². The van der Waals surface area contributed by atoms with Crippen LogP contribution in [0.3, 0.4) is 0 Å². The molecule has 5 rings (SSSR count). The molecule has 5 aromatic rings. The molecule has 0 saturated carbocycles. The molecule has 1 amide bonds. The summed E-state index contributed by atoms with van der Waals surface area (Å²) in [6.45, 7) is 0.311. The maximum Gasteiger partial charge on any atom is 0.573 e. The van der Waals surface area contributed by atoms with Gasteiger partial charge in [0.2, 0.25) is 0 Å². The van der Waals surface area contributed by atoms with Crippen LogP contribution < -0.4 is 10.1 Å². The van der Waals surface area contributed by atoms with Crippen molar-refractivity contribution in [1.82, 2.24) is 20.1 Å². The monoisotopic (exact) mass is 564 g/mol. The molecule has 11 heteroatoms. The number of rotatable bonds is 8. The molecule has 0 radical (unpaired) electrons. The lowest BCUT2D eigenvalue weighted by molar-refractivity contribution is -0.274. The van der Waals surface area contributed by atoms with Gasteiger partial charge in [0, 0.05) is 28.8 Å². The van der Waals surface area contributed by atoms with E-state index in [1.807, 2.05) is 24.3 Å². The average Bonchev–Trinajstić information content (AvgIpc) is 3.44. The number of hydrogen-bond donors (Lipinski definition) is 1. The van der Waals surface area contributed by atoms with Gasteiger partial charge in [0.15, 0.2) is 5.82 Å². The van der Waals surface area contributed by atoms with Gasteiger partial charge >= 0.3 is 6.36 Å². The molecule has 1 N–H and O–H groups in total. The molecule has 0 saturated heterocycles. The number of hydrogen-bond acceptors (Lipinski definition) is 4. The van der Waals surface area contributed by atoms with Crippen LogP contribution in [0.5, 0.6) is 5.75 Å². The van der Waals surface area contributed by atoms with Gasteiger partial charge in [-0.3, -0.25) is 4.79 Å². The molecule has 6 nitrogen and oxygen atoms in total. The van der Waals surface area contributed by atoms with E-state index < -0.39 is 23.9 Å². The summed E-state index contributed by atoms with van der Waals surface area (Å²) >= 11 is 0. The van der Waals surface area contributed by atoms with Crippen LogP contribution in [-0.4, -0.2) is 33.6 Å². The number of carbonyl (C=O) groups is 1. The zero-order valence-corrected chi connectivity index (χ0v) is 21.2. The van der Waals surface area contributed by atoms with Crippen molar-refractivity contribution >= 4 is 5.91 Å². The van der Waals surface area contributed by atoms with Crippen LogP contribution in [0.4, 0.5) is 22.0 Å². The van der Waals surface area contributed by atoms with Crippen molar-refractivity contribution in [2.24, 2.45) is 0 Å². The number of nitrogens with zero attached hydrogens (tertiary/aromatic N) is 3. The maximum atomic E-state index is 14.3. The van der Waals surface area contributed by atoms with E-state index in [0.29, 0.717) is 24.5 Å². The molecule has 0 bridgehead atoms. The molecule has 0 aliphatic rings. The number of ether oxygens (including phenoxy) is 1. The van der Waals surface area contributed by atoms with Crippen molar-refractivity contribution in [2.45, 2.75) is 12.8 Å². The molecule has 1 aromatic heterocycles. The van der Waals surface area contributed by atoms with Crippen LogP contribution in [0.1, 0.15) is 15.9 Å². The van der Waals surface area contributed by atoms with Crippen molar-refractivity contribution < 1.29 is 31.5 Å². The van der Waals surface area contributed by atoms with Gasteiger partial charge in [-0.05, 0) is 60.5 Å². The minimum Gasteiger partial charge on any atom is -0.406 e. The Morgan fingerprint density at radius 3 is 2.27 bits per heavy atom. The van der Waals surface area contributed by atoms with Gasteiger partial charge in [-0.25, -0.2) is 18.4 Å². The Bertz CT molecular complexity index is 1670. The second-order valence-electron chi connectivity index (χ2n) is 8.93. The SMILES string of the molecule is O=C(NCCc1ccc(-c2ncn(-c3ccc(OC(F)(F)F)cc3)n2)cc1)c1ccc(F)c(-c2ccccc2F)c1. The Kier molecular flexibility index (Phi) is 7.77. The van der Waals surface area contributed by atoms with Crippen molar-refractivity contribution in [3.8, 4) is 34.0 Å². The highest BCUT2D eigenvalue weighted by atomic mass is 19.4. The van der Waals surface area contributed by atoms with Crippen LogP contribution in [0.25, 0.3) is 28.2 Å². The zero-order chi connectivity index (χ0) is 29.0. The third-order valence-corrected chi connectivity index (χ3v) is 6.13. The Morgan fingerprint density at radius 2 is 1.56 bits per heavy atom. The molecule has 0 spiro atoms. The number of carbonyl (C=O) groups excluding carboxylic acids is 1. The molecule has 0 fully saturated rings. The van der Waals surface area contributed by atoms with Crippen molar-refractivity contribution in [1.29, 1.82) is 0 Å². The number of nitrogens with one attached hydrogen (secondary N) is 1. The van der Waals surface area contributed by atoms with E-state index in [2.05, 4.69) is 20.1 Å². The van der Waals surface area contributed by atoms with Gasteiger partial charge in [-0.1, -0.05) is 42.5 Å². The first-order valence-electron chi connectivity index (χ1n) is 12.4. The predicted octanol–water partition coefficient (Wildman–Crippen LogP) is 6.75. The predicted molar refractivity (Wildman–Crippen MR) is 141 cm³/mol. The summed E-state index contributed by atoms with van der Waals surface area (Å²) in [6, 6.07) is 22.2. The summed E-state index contributed by atoms with van der Waals surface area (Å²) in [6.07, 6.45) is -2.80. The largest absolute Gasteiger partial charge is 0.573 e. The standard InChI is InChI=1S/C30H21F5N4O2/c31-26-4-2-1-3-24(26)25-17-21(9-14-27(25)32)29(40)36-16-15-19-5-7-20(8-6-19)28-37-18-39(38-28)22-10-12-23(13-11-22)41-30(33,34)35/h1-14,17-18H,15-16H2,(H,36,40). The van der Waals surface area contributed by atoms with Gasteiger partial charge < -0.3 is 10.1 Å². The van der Waals surface area contributed by atoms with E-state index in [-0.39, 0.29) is 22.4 Å². The highest BCUT2D eigenvalue weighted by molar-refractivity contribution is 5.95. The normalized spacial score (nSPS) is 11.3.